The maximum absolute atomic E-state index is 11.7. The lowest BCUT2D eigenvalue weighted by Crippen LogP contribution is -2.10. The first kappa shape index (κ1) is 12.5. The number of hydrogen-bond acceptors (Lipinski definition) is 4. The van der Waals surface area contributed by atoms with E-state index in [9.17, 15) is 9.59 Å². The Balaban J connectivity index is 3.32. The molecule has 0 aliphatic rings. The minimum Gasteiger partial charge on any atom is -0.465 e. The summed E-state index contributed by atoms with van der Waals surface area (Å²) in [6.45, 7) is 6.97. The molecule has 1 aromatic rings. The van der Waals surface area contributed by atoms with Gasteiger partial charge < -0.3 is 9.15 Å². The maximum atomic E-state index is 11.7. The second-order valence-corrected chi connectivity index (χ2v) is 3.46. The maximum Gasteiger partial charge on any atom is 0.342 e. The molecule has 0 aliphatic carbocycles. The Morgan fingerprint density at radius 3 is 2.31 bits per heavy atom. The molecule has 0 atom stereocenters. The summed E-state index contributed by atoms with van der Waals surface area (Å²) in [6, 6.07) is 0. The van der Waals surface area contributed by atoms with Crippen molar-refractivity contribution in [2.45, 2.75) is 34.1 Å². The largest absolute Gasteiger partial charge is 0.465 e. The molecular formula is C12H16O4. The summed E-state index contributed by atoms with van der Waals surface area (Å²) in [5.41, 5.74) is 0.629. The Kier molecular flexibility index (Phi) is 3.88. The van der Waals surface area contributed by atoms with Crippen molar-refractivity contribution in [2.24, 2.45) is 0 Å². The number of carbonyl (C=O) groups is 2. The Morgan fingerprint density at radius 2 is 1.88 bits per heavy atom. The number of Topliss-reactive ketones (excluding diaryl/α,β-unsaturated/α-hetero) is 1. The number of aryl methyl sites for hydroxylation is 2. The third kappa shape index (κ3) is 2.15. The van der Waals surface area contributed by atoms with Crippen LogP contribution in [0.1, 0.15) is 53.0 Å². The fourth-order valence-electron chi connectivity index (χ4n) is 1.69. The number of hydrogen-bond donors (Lipinski definition) is 0. The highest BCUT2D eigenvalue weighted by Gasteiger charge is 2.26. The molecule has 0 radical (unpaired) electrons. The van der Waals surface area contributed by atoms with Crippen molar-refractivity contribution in [1.82, 2.24) is 0 Å². The minimum absolute atomic E-state index is 0.177. The third-order valence-electron chi connectivity index (χ3n) is 2.31. The van der Waals surface area contributed by atoms with Gasteiger partial charge in [0.1, 0.15) is 17.1 Å². The first-order valence-electron chi connectivity index (χ1n) is 5.33. The van der Waals surface area contributed by atoms with Crippen LogP contribution in [0.5, 0.6) is 0 Å². The molecule has 0 saturated carbocycles. The number of ether oxygens (including phenoxy) is 1. The molecule has 0 unspecified atom stereocenters. The van der Waals surface area contributed by atoms with Gasteiger partial charge in [-0.3, -0.25) is 4.79 Å². The Morgan fingerprint density at radius 1 is 1.25 bits per heavy atom. The average Bonchev–Trinajstić information content (AvgIpc) is 2.55. The smallest absolute Gasteiger partial charge is 0.342 e. The highest BCUT2D eigenvalue weighted by Crippen LogP contribution is 2.24. The number of carbonyl (C=O) groups excluding carboxylic acids is 2. The van der Waals surface area contributed by atoms with E-state index in [0.29, 0.717) is 23.5 Å². The van der Waals surface area contributed by atoms with Crippen molar-refractivity contribution in [3.8, 4) is 0 Å². The van der Waals surface area contributed by atoms with E-state index in [1.807, 2.05) is 6.92 Å². The van der Waals surface area contributed by atoms with Crippen LogP contribution in [0, 0.1) is 6.92 Å². The molecule has 0 saturated heterocycles. The quantitative estimate of drug-likeness (QED) is 0.582. The van der Waals surface area contributed by atoms with E-state index in [-0.39, 0.29) is 18.0 Å². The van der Waals surface area contributed by atoms with Gasteiger partial charge in [-0.25, -0.2) is 4.79 Å². The van der Waals surface area contributed by atoms with Gasteiger partial charge in [0.25, 0.3) is 0 Å². The average molecular weight is 224 g/mol. The zero-order valence-electron chi connectivity index (χ0n) is 10.0. The number of esters is 1. The van der Waals surface area contributed by atoms with E-state index in [2.05, 4.69) is 0 Å². The molecule has 0 bridgehead atoms. The molecule has 0 aromatic carbocycles. The zero-order valence-corrected chi connectivity index (χ0v) is 10.0. The molecule has 1 rings (SSSR count). The van der Waals surface area contributed by atoms with Gasteiger partial charge in [-0.1, -0.05) is 6.92 Å². The van der Waals surface area contributed by atoms with Crippen LogP contribution < -0.4 is 0 Å². The van der Waals surface area contributed by atoms with Crippen LogP contribution in [-0.4, -0.2) is 18.4 Å². The van der Waals surface area contributed by atoms with E-state index in [0.717, 1.165) is 0 Å². The molecule has 0 aliphatic heterocycles. The van der Waals surface area contributed by atoms with Gasteiger partial charge in [0, 0.05) is 6.42 Å². The van der Waals surface area contributed by atoms with Gasteiger partial charge >= 0.3 is 5.97 Å². The van der Waals surface area contributed by atoms with Gasteiger partial charge in [-0.15, -0.1) is 0 Å². The van der Waals surface area contributed by atoms with E-state index in [1.165, 1.54) is 6.92 Å². The molecule has 1 aromatic heterocycles. The molecule has 16 heavy (non-hydrogen) atoms. The molecule has 0 fully saturated rings. The highest BCUT2D eigenvalue weighted by molar-refractivity contribution is 6.06. The lowest BCUT2D eigenvalue weighted by atomic mass is 10.0. The monoisotopic (exact) mass is 224 g/mol. The van der Waals surface area contributed by atoms with E-state index < -0.39 is 5.97 Å². The van der Waals surface area contributed by atoms with Crippen molar-refractivity contribution in [3.63, 3.8) is 0 Å². The lowest BCUT2D eigenvalue weighted by molar-refractivity contribution is 0.0521. The van der Waals surface area contributed by atoms with Crippen LogP contribution >= 0.6 is 0 Å². The van der Waals surface area contributed by atoms with Crippen molar-refractivity contribution in [1.29, 1.82) is 0 Å². The minimum atomic E-state index is -0.485. The predicted octanol–water partition coefficient (Wildman–Crippen LogP) is 2.53. The van der Waals surface area contributed by atoms with E-state index >= 15 is 0 Å². The second kappa shape index (κ2) is 4.96. The van der Waals surface area contributed by atoms with Gasteiger partial charge in [-0.2, -0.15) is 0 Å². The van der Waals surface area contributed by atoms with Crippen molar-refractivity contribution >= 4 is 11.8 Å². The van der Waals surface area contributed by atoms with Crippen molar-refractivity contribution < 1.29 is 18.7 Å². The summed E-state index contributed by atoms with van der Waals surface area (Å²) in [5.74, 6) is 0.332. The molecule has 88 valence electrons. The number of rotatable bonds is 4. The third-order valence-corrected chi connectivity index (χ3v) is 2.31. The molecule has 4 nitrogen and oxygen atoms in total. The highest BCUT2D eigenvalue weighted by atomic mass is 16.5. The number of furan rings is 1. The SMILES string of the molecule is CCOC(=O)c1c(CC)oc(C)c1C(C)=O. The molecule has 1 heterocycles. The van der Waals surface area contributed by atoms with Crippen LogP contribution in [0.3, 0.4) is 0 Å². The summed E-state index contributed by atoms with van der Waals surface area (Å²) < 4.78 is 10.3. The summed E-state index contributed by atoms with van der Waals surface area (Å²) in [4.78, 5) is 23.2. The van der Waals surface area contributed by atoms with Crippen molar-refractivity contribution in [3.05, 3.63) is 22.6 Å². The van der Waals surface area contributed by atoms with Crippen LogP contribution in [0.2, 0.25) is 0 Å². The standard InChI is InChI=1S/C12H16O4/c1-5-9-11(12(14)15-6-2)10(7(3)13)8(4)16-9/h5-6H2,1-4H3. The van der Waals surface area contributed by atoms with E-state index in [1.54, 1.807) is 13.8 Å². The summed E-state index contributed by atoms with van der Waals surface area (Å²) >= 11 is 0. The molecular weight excluding hydrogens is 208 g/mol. The van der Waals surface area contributed by atoms with Gasteiger partial charge in [0.05, 0.1) is 12.2 Å². The van der Waals surface area contributed by atoms with Crippen LogP contribution in [-0.2, 0) is 11.2 Å². The summed E-state index contributed by atoms with van der Waals surface area (Å²) in [5, 5.41) is 0. The number of ketones is 1. The summed E-state index contributed by atoms with van der Waals surface area (Å²) in [6.07, 6.45) is 0.558. The second-order valence-electron chi connectivity index (χ2n) is 3.46. The van der Waals surface area contributed by atoms with Gasteiger partial charge in [0.15, 0.2) is 5.78 Å². The summed E-state index contributed by atoms with van der Waals surface area (Å²) in [7, 11) is 0. The Hall–Kier alpha value is -1.58. The fourth-order valence-corrected chi connectivity index (χ4v) is 1.69. The van der Waals surface area contributed by atoms with Crippen LogP contribution in [0.25, 0.3) is 0 Å². The predicted molar refractivity (Wildman–Crippen MR) is 58.8 cm³/mol. The molecule has 0 amide bonds. The molecule has 0 spiro atoms. The van der Waals surface area contributed by atoms with Gasteiger partial charge in [0.2, 0.25) is 0 Å². The first-order valence-corrected chi connectivity index (χ1v) is 5.33. The topological polar surface area (TPSA) is 56.5 Å². The molecule has 4 heteroatoms. The zero-order chi connectivity index (χ0) is 12.3. The van der Waals surface area contributed by atoms with E-state index in [4.69, 9.17) is 9.15 Å². The van der Waals surface area contributed by atoms with Crippen LogP contribution in [0.15, 0.2) is 4.42 Å². The lowest BCUT2D eigenvalue weighted by Gasteiger charge is -2.02. The fraction of sp³-hybridized carbons (Fsp3) is 0.500. The van der Waals surface area contributed by atoms with Gasteiger partial charge in [-0.05, 0) is 20.8 Å². The Bertz CT molecular complexity index is 415. The normalized spacial score (nSPS) is 10.2. The first-order chi connectivity index (χ1) is 7.52. The van der Waals surface area contributed by atoms with Crippen LogP contribution in [0.4, 0.5) is 0 Å². The van der Waals surface area contributed by atoms with Crippen molar-refractivity contribution in [2.75, 3.05) is 6.61 Å². The Labute approximate surface area is 94.6 Å². The molecule has 0 N–H and O–H groups in total.